The molecule has 134 valence electrons. The van der Waals surface area contributed by atoms with Crippen molar-refractivity contribution < 1.29 is 22.8 Å². The van der Waals surface area contributed by atoms with Crippen molar-refractivity contribution in [3.05, 3.63) is 51.9 Å². The van der Waals surface area contributed by atoms with E-state index < -0.39 is 34.6 Å². The summed E-state index contributed by atoms with van der Waals surface area (Å²) in [6.45, 7) is 3.65. The van der Waals surface area contributed by atoms with Crippen LogP contribution in [-0.2, 0) is 4.84 Å². The van der Waals surface area contributed by atoms with Gasteiger partial charge in [0.25, 0.3) is 5.91 Å². The fraction of sp³-hybridized carbons (Fsp3) is 0.250. The van der Waals surface area contributed by atoms with Crippen LogP contribution in [0, 0.1) is 23.4 Å². The zero-order chi connectivity index (χ0) is 18.6. The first-order chi connectivity index (χ1) is 11.8. The van der Waals surface area contributed by atoms with Crippen molar-refractivity contribution in [3.63, 3.8) is 0 Å². The number of hydroxylamine groups is 1. The van der Waals surface area contributed by atoms with Crippen LogP contribution in [0.3, 0.4) is 0 Å². The SMILES string of the molecule is CCONC(=O)c1cc(F)c(F)c(F)c1NC1=NC=CC(C)C=C1Br. The molecule has 2 N–H and O–H groups in total. The first-order valence-electron chi connectivity index (χ1n) is 7.34. The number of amides is 1. The maximum absolute atomic E-state index is 14.3. The molecule has 0 bridgehead atoms. The molecule has 1 unspecified atom stereocenters. The van der Waals surface area contributed by atoms with Gasteiger partial charge in [0.2, 0.25) is 0 Å². The van der Waals surface area contributed by atoms with Crippen LogP contribution in [0.1, 0.15) is 24.2 Å². The molecule has 25 heavy (non-hydrogen) atoms. The third kappa shape index (κ3) is 4.49. The van der Waals surface area contributed by atoms with E-state index in [4.69, 9.17) is 4.84 Å². The van der Waals surface area contributed by atoms with Gasteiger partial charge in [0.15, 0.2) is 17.5 Å². The highest BCUT2D eigenvalue weighted by Crippen LogP contribution is 2.27. The molecular formula is C16H15BrF3N3O2. The van der Waals surface area contributed by atoms with Gasteiger partial charge in [-0.15, -0.1) is 0 Å². The van der Waals surface area contributed by atoms with E-state index in [0.29, 0.717) is 10.5 Å². The van der Waals surface area contributed by atoms with E-state index in [0.717, 1.165) is 0 Å². The molecule has 0 aromatic heterocycles. The van der Waals surface area contributed by atoms with E-state index in [1.807, 2.05) is 12.4 Å². The van der Waals surface area contributed by atoms with Crippen molar-refractivity contribution in [2.24, 2.45) is 10.9 Å². The Morgan fingerprint density at radius 2 is 2.08 bits per heavy atom. The monoisotopic (exact) mass is 417 g/mol. The third-order valence-electron chi connectivity index (χ3n) is 3.19. The van der Waals surface area contributed by atoms with Gasteiger partial charge in [0.05, 0.1) is 22.3 Å². The minimum absolute atomic E-state index is 0.0490. The Balaban J connectivity index is 2.47. The summed E-state index contributed by atoms with van der Waals surface area (Å²) in [7, 11) is 0. The molecule has 1 amide bonds. The fourth-order valence-electron chi connectivity index (χ4n) is 1.98. The Labute approximate surface area is 150 Å². The Kier molecular flexibility index (Phi) is 6.38. The second kappa shape index (κ2) is 8.30. The Bertz CT molecular complexity index is 778. The second-order valence-electron chi connectivity index (χ2n) is 5.09. The van der Waals surface area contributed by atoms with E-state index >= 15 is 0 Å². The summed E-state index contributed by atoms with van der Waals surface area (Å²) in [4.78, 5) is 20.9. The molecule has 2 rings (SSSR count). The van der Waals surface area contributed by atoms with Crippen LogP contribution in [0.5, 0.6) is 0 Å². The van der Waals surface area contributed by atoms with Crippen molar-refractivity contribution in [3.8, 4) is 0 Å². The van der Waals surface area contributed by atoms with E-state index in [9.17, 15) is 18.0 Å². The topological polar surface area (TPSA) is 62.7 Å². The molecule has 0 fully saturated rings. The number of aliphatic imine (C=N–C) groups is 1. The highest BCUT2D eigenvalue weighted by atomic mass is 79.9. The third-order valence-corrected chi connectivity index (χ3v) is 3.83. The molecule has 9 heteroatoms. The van der Waals surface area contributed by atoms with Crippen LogP contribution < -0.4 is 10.8 Å². The Morgan fingerprint density at radius 3 is 2.76 bits per heavy atom. The summed E-state index contributed by atoms with van der Waals surface area (Å²) in [6.07, 6.45) is 5.03. The van der Waals surface area contributed by atoms with Crippen molar-refractivity contribution in [2.75, 3.05) is 11.9 Å². The number of carbonyl (C=O) groups is 1. The Morgan fingerprint density at radius 1 is 1.36 bits per heavy atom. The number of rotatable bonds is 4. The average Bonchev–Trinajstić information content (AvgIpc) is 2.73. The molecule has 1 heterocycles. The number of hydrogen-bond acceptors (Lipinski definition) is 4. The zero-order valence-corrected chi connectivity index (χ0v) is 15.0. The lowest BCUT2D eigenvalue weighted by Crippen LogP contribution is -2.26. The predicted molar refractivity (Wildman–Crippen MR) is 91.8 cm³/mol. The van der Waals surface area contributed by atoms with Gasteiger partial charge >= 0.3 is 0 Å². The van der Waals surface area contributed by atoms with Crippen LogP contribution in [0.2, 0.25) is 0 Å². The zero-order valence-electron chi connectivity index (χ0n) is 13.4. The quantitative estimate of drug-likeness (QED) is 0.573. The Hall–Kier alpha value is -2.13. The lowest BCUT2D eigenvalue weighted by molar-refractivity contribution is 0.0364. The van der Waals surface area contributed by atoms with Gasteiger partial charge in [0, 0.05) is 6.20 Å². The molecule has 1 atom stereocenters. The largest absolute Gasteiger partial charge is 0.336 e. The van der Waals surface area contributed by atoms with E-state index in [-0.39, 0.29) is 18.4 Å². The van der Waals surface area contributed by atoms with Gasteiger partial charge in [-0.3, -0.25) is 9.63 Å². The number of amidine groups is 1. The fourth-order valence-corrected chi connectivity index (χ4v) is 2.60. The molecule has 0 saturated carbocycles. The maximum Gasteiger partial charge on any atom is 0.277 e. The first kappa shape index (κ1) is 19.2. The summed E-state index contributed by atoms with van der Waals surface area (Å²) < 4.78 is 41.9. The number of allylic oxidation sites excluding steroid dienone is 2. The highest BCUT2D eigenvalue weighted by Gasteiger charge is 2.24. The molecule has 1 aliphatic heterocycles. The number of nitrogens with one attached hydrogen (secondary N) is 2. The lowest BCUT2D eigenvalue weighted by Gasteiger charge is -2.15. The normalized spacial score (nSPS) is 16.8. The summed E-state index contributed by atoms with van der Waals surface area (Å²) in [5.41, 5.74) is 0.999. The number of carbonyl (C=O) groups excluding carboxylic acids is 1. The van der Waals surface area contributed by atoms with Gasteiger partial charge in [-0.25, -0.2) is 23.6 Å². The van der Waals surface area contributed by atoms with E-state index in [1.165, 1.54) is 6.20 Å². The van der Waals surface area contributed by atoms with Crippen LogP contribution in [0.4, 0.5) is 18.9 Å². The maximum atomic E-state index is 14.3. The van der Waals surface area contributed by atoms with Crippen LogP contribution >= 0.6 is 15.9 Å². The summed E-state index contributed by atoms with van der Waals surface area (Å²) >= 11 is 3.28. The van der Waals surface area contributed by atoms with Gasteiger partial charge in [-0.05, 0) is 34.8 Å². The summed E-state index contributed by atoms with van der Waals surface area (Å²) in [5, 5.41) is 2.54. The predicted octanol–water partition coefficient (Wildman–Crippen LogP) is 4.04. The molecule has 0 radical (unpaired) electrons. The van der Waals surface area contributed by atoms with Gasteiger partial charge in [0.1, 0.15) is 5.84 Å². The van der Waals surface area contributed by atoms with Gasteiger partial charge in [-0.1, -0.05) is 19.1 Å². The number of benzene rings is 1. The molecule has 0 saturated heterocycles. The summed E-state index contributed by atoms with van der Waals surface area (Å²) in [5.74, 6) is -5.47. The van der Waals surface area contributed by atoms with Crippen molar-refractivity contribution >= 4 is 33.4 Å². The molecular weight excluding hydrogens is 403 g/mol. The lowest BCUT2D eigenvalue weighted by atomic mass is 10.1. The number of nitrogens with zero attached hydrogens (tertiary/aromatic N) is 1. The minimum Gasteiger partial charge on any atom is -0.336 e. The number of halogens is 4. The molecule has 0 aliphatic carbocycles. The van der Waals surface area contributed by atoms with Gasteiger partial charge < -0.3 is 5.32 Å². The second-order valence-corrected chi connectivity index (χ2v) is 5.95. The smallest absolute Gasteiger partial charge is 0.277 e. The van der Waals surface area contributed by atoms with Crippen molar-refractivity contribution in [1.82, 2.24) is 5.48 Å². The molecule has 1 aromatic rings. The molecule has 1 aliphatic rings. The molecule has 1 aromatic carbocycles. The van der Waals surface area contributed by atoms with Crippen LogP contribution in [-0.4, -0.2) is 18.3 Å². The minimum atomic E-state index is -1.70. The van der Waals surface area contributed by atoms with Crippen LogP contribution in [0.15, 0.2) is 33.9 Å². The van der Waals surface area contributed by atoms with Gasteiger partial charge in [-0.2, -0.15) is 0 Å². The number of anilines is 1. The average molecular weight is 418 g/mol. The standard InChI is InChI=1S/C16H15BrF3N3O2/c1-3-25-23-16(24)9-7-11(18)12(19)13(20)14(9)22-15-10(17)6-8(2)4-5-21-15/h4-8H,3H2,1-2H3,(H,21,22)(H,23,24). The summed E-state index contributed by atoms with van der Waals surface area (Å²) in [6, 6.07) is 0.586. The first-order valence-corrected chi connectivity index (χ1v) is 8.13. The highest BCUT2D eigenvalue weighted by molar-refractivity contribution is 9.12. The van der Waals surface area contributed by atoms with E-state index in [1.54, 1.807) is 19.1 Å². The molecule has 0 spiro atoms. The van der Waals surface area contributed by atoms with Crippen molar-refractivity contribution in [1.29, 1.82) is 0 Å². The number of hydrogen-bond donors (Lipinski definition) is 2. The van der Waals surface area contributed by atoms with Crippen molar-refractivity contribution in [2.45, 2.75) is 13.8 Å². The molecule has 5 nitrogen and oxygen atoms in total. The van der Waals surface area contributed by atoms with Crippen LogP contribution in [0.25, 0.3) is 0 Å². The van der Waals surface area contributed by atoms with E-state index in [2.05, 4.69) is 26.2 Å².